The molecule has 106 valence electrons. The van der Waals surface area contributed by atoms with Crippen LogP contribution in [0.25, 0.3) is 0 Å². The van der Waals surface area contributed by atoms with E-state index in [1.807, 2.05) is 0 Å². The monoisotopic (exact) mass is 276 g/mol. The predicted octanol–water partition coefficient (Wildman–Crippen LogP) is 1.36. The number of amides is 1. The van der Waals surface area contributed by atoms with Crippen LogP contribution >= 0.6 is 0 Å². The minimum atomic E-state index is -1.04. The molecule has 3 N–H and O–H groups in total. The van der Waals surface area contributed by atoms with Gasteiger partial charge in [-0.05, 0) is 12.1 Å². The van der Waals surface area contributed by atoms with Gasteiger partial charge in [0.1, 0.15) is 11.4 Å². The minimum Gasteiger partial charge on any atom is -0.477 e. The molecular weight excluding hydrogens is 260 g/mol. The van der Waals surface area contributed by atoms with Crippen LogP contribution in [0.5, 0.6) is 0 Å². The number of nitrogens with zero attached hydrogens (tertiary/aromatic N) is 2. The maximum atomic E-state index is 12.1. The van der Waals surface area contributed by atoms with Crippen LogP contribution in [0.1, 0.15) is 21.0 Å². The highest BCUT2D eigenvalue weighted by molar-refractivity contribution is 6.04. The average Bonchev–Trinajstić information content (AvgIpc) is 2.92. The summed E-state index contributed by atoms with van der Waals surface area (Å²) in [7, 11) is 5.15. The van der Waals surface area contributed by atoms with Gasteiger partial charge in [-0.1, -0.05) is 0 Å². The van der Waals surface area contributed by atoms with E-state index in [1.165, 1.54) is 10.6 Å². The molecule has 0 atom stereocenters. The maximum Gasteiger partial charge on any atom is 0.352 e. The smallest absolute Gasteiger partial charge is 0.352 e. The third-order valence-corrected chi connectivity index (χ3v) is 3.01. The van der Waals surface area contributed by atoms with Crippen LogP contribution in [0.2, 0.25) is 0 Å². The molecule has 0 saturated carbocycles. The van der Waals surface area contributed by atoms with Gasteiger partial charge < -0.3 is 24.9 Å². The van der Waals surface area contributed by atoms with Gasteiger partial charge in [0.2, 0.25) is 0 Å². The molecule has 0 fully saturated rings. The van der Waals surface area contributed by atoms with Gasteiger partial charge in [0.05, 0.1) is 11.4 Å². The SMILES string of the molecule is CNc1cc(C(=O)Nc2cc(C(=O)O)n(C)c2)n(C)c1. The topological polar surface area (TPSA) is 88.3 Å². The molecule has 0 saturated heterocycles. The van der Waals surface area contributed by atoms with Crippen LogP contribution in [-0.4, -0.2) is 33.2 Å². The number of aromatic carboxylic acids is 1. The normalized spacial score (nSPS) is 10.3. The molecule has 2 aromatic rings. The van der Waals surface area contributed by atoms with Crippen molar-refractivity contribution in [3.8, 4) is 0 Å². The lowest BCUT2D eigenvalue weighted by molar-refractivity contribution is 0.0686. The van der Waals surface area contributed by atoms with Crippen molar-refractivity contribution in [2.75, 3.05) is 17.7 Å². The predicted molar refractivity (Wildman–Crippen MR) is 75.3 cm³/mol. The first-order valence-corrected chi connectivity index (χ1v) is 5.97. The third kappa shape index (κ3) is 2.51. The Morgan fingerprint density at radius 3 is 2.10 bits per heavy atom. The Morgan fingerprint density at radius 1 is 1.05 bits per heavy atom. The summed E-state index contributed by atoms with van der Waals surface area (Å²) < 4.78 is 3.14. The van der Waals surface area contributed by atoms with Crippen molar-refractivity contribution in [1.29, 1.82) is 0 Å². The summed E-state index contributed by atoms with van der Waals surface area (Å²) in [6, 6.07) is 3.14. The van der Waals surface area contributed by atoms with Gasteiger partial charge in [-0.3, -0.25) is 4.79 Å². The fraction of sp³-hybridized carbons (Fsp3) is 0.231. The van der Waals surface area contributed by atoms with E-state index in [9.17, 15) is 9.59 Å². The quantitative estimate of drug-likeness (QED) is 0.786. The van der Waals surface area contributed by atoms with E-state index in [-0.39, 0.29) is 11.6 Å². The van der Waals surface area contributed by atoms with E-state index in [4.69, 9.17) is 5.11 Å². The number of carboxylic acids is 1. The number of carbonyl (C=O) groups excluding carboxylic acids is 1. The average molecular weight is 276 g/mol. The summed E-state index contributed by atoms with van der Waals surface area (Å²) in [4.78, 5) is 23.1. The van der Waals surface area contributed by atoms with Crippen molar-refractivity contribution in [3.05, 3.63) is 35.9 Å². The standard InChI is InChI=1S/C13H16N4O3/c1-14-8-4-10(16(2)6-8)12(18)15-9-5-11(13(19)20)17(3)7-9/h4-7,14H,1-3H3,(H,15,18)(H,19,20). The van der Waals surface area contributed by atoms with Crippen LogP contribution in [-0.2, 0) is 14.1 Å². The highest BCUT2D eigenvalue weighted by atomic mass is 16.4. The zero-order valence-electron chi connectivity index (χ0n) is 11.5. The molecule has 7 heteroatoms. The second kappa shape index (κ2) is 5.12. The molecular formula is C13H16N4O3. The number of hydrogen-bond donors (Lipinski definition) is 3. The molecule has 2 aromatic heterocycles. The number of rotatable bonds is 4. The molecule has 2 heterocycles. The van der Waals surface area contributed by atoms with Gasteiger partial charge in [-0.2, -0.15) is 0 Å². The highest BCUT2D eigenvalue weighted by Crippen LogP contribution is 2.16. The van der Waals surface area contributed by atoms with Gasteiger partial charge in [0.25, 0.3) is 5.91 Å². The van der Waals surface area contributed by atoms with Crippen molar-refractivity contribution in [1.82, 2.24) is 9.13 Å². The minimum absolute atomic E-state index is 0.114. The fourth-order valence-corrected chi connectivity index (χ4v) is 1.97. The fourth-order valence-electron chi connectivity index (χ4n) is 1.97. The second-order valence-corrected chi connectivity index (χ2v) is 4.46. The van der Waals surface area contributed by atoms with Crippen molar-refractivity contribution in [3.63, 3.8) is 0 Å². The van der Waals surface area contributed by atoms with Crippen molar-refractivity contribution >= 4 is 23.3 Å². The Morgan fingerprint density at radius 2 is 1.60 bits per heavy atom. The van der Waals surface area contributed by atoms with E-state index in [2.05, 4.69) is 10.6 Å². The largest absolute Gasteiger partial charge is 0.477 e. The number of aromatic nitrogens is 2. The van der Waals surface area contributed by atoms with Gasteiger partial charge in [-0.15, -0.1) is 0 Å². The van der Waals surface area contributed by atoms with Gasteiger partial charge >= 0.3 is 5.97 Å². The van der Waals surface area contributed by atoms with E-state index >= 15 is 0 Å². The first-order chi connectivity index (χ1) is 9.42. The lowest BCUT2D eigenvalue weighted by atomic mass is 10.3. The Labute approximate surface area is 115 Å². The third-order valence-electron chi connectivity index (χ3n) is 3.01. The maximum absolute atomic E-state index is 12.1. The molecule has 0 radical (unpaired) electrons. The summed E-state index contributed by atoms with van der Waals surface area (Å²) in [6.07, 6.45) is 3.35. The first-order valence-electron chi connectivity index (χ1n) is 5.97. The van der Waals surface area contributed by atoms with Crippen molar-refractivity contribution in [2.45, 2.75) is 0 Å². The molecule has 0 bridgehead atoms. The molecule has 20 heavy (non-hydrogen) atoms. The summed E-state index contributed by atoms with van der Waals surface area (Å²) in [6.45, 7) is 0. The summed E-state index contributed by atoms with van der Waals surface area (Å²) in [5.41, 5.74) is 1.87. The van der Waals surface area contributed by atoms with Crippen LogP contribution < -0.4 is 10.6 Å². The zero-order chi connectivity index (χ0) is 14.9. The lowest BCUT2D eigenvalue weighted by Crippen LogP contribution is -2.14. The van der Waals surface area contributed by atoms with E-state index in [1.54, 1.807) is 44.2 Å². The Hall–Kier alpha value is -2.70. The molecule has 0 aliphatic heterocycles. The van der Waals surface area contributed by atoms with Crippen LogP contribution in [0.3, 0.4) is 0 Å². The number of nitrogens with one attached hydrogen (secondary N) is 2. The van der Waals surface area contributed by atoms with Gasteiger partial charge in [-0.25, -0.2) is 4.79 Å². The highest BCUT2D eigenvalue weighted by Gasteiger charge is 2.15. The molecule has 0 aliphatic carbocycles. The van der Waals surface area contributed by atoms with Crippen LogP contribution in [0.15, 0.2) is 24.5 Å². The molecule has 1 amide bonds. The summed E-state index contributed by atoms with van der Waals surface area (Å²) in [5.74, 6) is -1.33. The number of aryl methyl sites for hydroxylation is 2. The zero-order valence-corrected chi connectivity index (χ0v) is 11.5. The second-order valence-electron chi connectivity index (χ2n) is 4.46. The molecule has 0 spiro atoms. The van der Waals surface area contributed by atoms with E-state index in [0.717, 1.165) is 5.69 Å². The molecule has 2 rings (SSSR count). The van der Waals surface area contributed by atoms with Gasteiger partial charge in [0.15, 0.2) is 0 Å². The number of hydrogen-bond acceptors (Lipinski definition) is 3. The summed E-state index contributed by atoms with van der Waals surface area (Å²) >= 11 is 0. The molecule has 0 aromatic carbocycles. The molecule has 7 nitrogen and oxygen atoms in total. The number of anilines is 2. The first kappa shape index (κ1) is 13.7. The molecule has 0 unspecified atom stereocenters. The number of carbonyl (C=O) groups is 2. The lowest BCUT2D eigenvalue weighted by Gasteiger charge is -2.03. The van der Waals surface area contributed by atoms with Crippen LogP contribution in [0.4, 0.5) is 11.4 Å². The molecule has 0 aliphatic rings. The Kier molecular flexibility index (Phi) is 3.51. The Balaban J connectivity index is 2.21. The van der Waals surface area contributed by atoms with Gasteiger partial charge in [0, 0.05) is 33.5 Å². The van der Waals surface area contributed by atoms with Crippen molar-refractivity contribution < 1.29 is 14.7 Å². The van der Waals surface area contributed by atoms with Crippen LogP contribution in [0, 0.1) is 0 Å². The van der Waals surface area contributed by atoms with Crippen molar-refractivity contribution in [2.24, 2.45) is 14.1 Å². The Bertz CT molecular complexity index is 669. The summed E-state index contributed by atoms with van der Waals surface area (Å²) in [5, 5.41) is 14.6. The number of carboxylic acid groups (broad SMARTS) is 1. The van der Waals surface area contributed by atoms with E-state index < -0.39 is 5.97 Å². The van der Waals surface area contributed by atoms with E-state index in [0.29, 0.717) is 11.4 Å².